The first-order chi connectivity index (χ1) is 20.5. The molecule has 0 amide bonds. The molecule has 0 fully saturated rings. The minimum Gasteiger partial charge on any atom is -0.508 e. The molecule has 6 nitrogen and oxygen atoms in total. The van der Waals surface area contributed by atoms with E-state index in [4.69, 9.17) is 4.42 Å². The number of hydrogen-bond acceptors (Lipinski definition) is 7. The molecule has 1 heterocycles. The predicted octanol–water partition coefficient (Wildman–Crippen LogP) is 9.90. The Bertz CT molecular complexity index is 1420. The van der Waals surface area contributed by atoms with Gasteiger partial charge in [-0.05, 0) is 61.8 Å². The summed E-state index contributed by atoms with van der Waals surface area (Å²) in [6.07, 6.45) is 13.7. The van der Waals surface area contributed by atoms with Crippen LogP contribution in [0.2, 0.25) is 0 Å². The Hall–Kier alpha value is -3.06. The standard InChI is InChI=1S/C36H50O6S/c1-23(2)9-6-10-24(3)11-7-12-25(4)13-8-14-26(5)17-18-43-22-30-34(41)29-20-28(37)21-33(40)36(29)42-35(30)27-15-16-31(38)32(39)19-27/h15-17,19-21,23-25,37-40H,6-14,18,22H2,1-5H3/b26-17+/t24-,25-/m1/s1. The zero-order valence-electron chi connectivity index (χ0n) is 26.5. The number of benzene rings is 2. The summed E-state index contributed by atoms with van der Waals surface area (Å²) in [5, 5.41) is 40.2. The van der Waals surface area contributed by atoms with Crippen molar-refractivity contribution >= 4 is 22.7 Å². The molecule has 0 unspecified atom stereocenters. The summed E-state index contributed by atoms with van der Waals surface area (Å²) in [7, 11) is 0. The lowest BCUT2D eigenvalue weighted by atomic mass is 9.91. The molecule has 0 saturated carbocycles. The second-order valence-electron chi connectivity index (χ2n) is 12.7. The van der Waals surface area contributed by atoms with Crippen molar-refractivity contribution in [3.05, 3.63) is 57.8 Å². The molecule has 4 N–H and O–H groups in total. The predicted molar refractivity (Wildman–Crippen MR) is 179 cm³/mol. The van der Waals surface area contributed by atoms with Gasteiger partial charge in [0.05, 0.1) is 10.9 Å². The third kappa shape index (κ3) is 10.6. The van der Waals surface area contributed by atoms with Gasteiger partial charge in [-0.1, -0.05) is 84.3 Å². The van der Waals surface area contributed by atoms with E-state index in [1.165, 1.54) is 75.1 Å². The van der Waals surface area contributed by atoms with Crippen LogP contribution in [0.25, 0.3) is 22.3 Å². The topological polar surface area (TPSA) is 111 Å². The van der Waals surface area contributed by atoms with Crippen molar-refractivity contribution in [3.63, 3.8) is 0 Å². The van der Waals surface area contributed by atoms with Crippen molar-refractivity contribution in [2.75, 3.05) is 5.75 Å². The molecule has 0 radical (unpaired) electrons. The SMILES string of the molecule is C/C(=C\CSCc1c(-c2ccc(O)c(O)c2)oc2c(O)cc(O)cc2c1=O)CCC[C@H](C)CCC[C@H](C)CCCC(C)C. The molecular weight excluding hydrogens is 560 g/mol. The third-order valence-electron chi connectivity index (χ3n) is 8.22. The van der Waals surface area contributed by atoms with Crippen LogP contribution in [-0.4, -0.2) is 26.2 Å². The fourth-order valence-corrected chi connectivity index (χ4v) is 6.49. The van der Waals surface area contributed by atoms with E-state index < -0.39 is 0 Å². The van der Waals surface area contributed by atoms with E-state index in [1.807, 2.05) is 0 Å². The average molecular weight is 611 g/mol. The Morgan fingerprint density at radius 3 is 2.14 bits per heavy atom. The summed E-state index contributed by atoms with van der Waals surface area (Å²) in [6.45, 7) is 11.5. The van der Waals surface area contributed by atoms with E-state index in [-0.39, 0.29) is 45.2 Å². The lowest BCUT2D eigenvalue weighted by molar-refractivity contribution is 0.389. The molecule has 3 rings (SSSR count). The molecule has 2 aromatic carbocycles. The normalized spacial score (nSPS) is 13.6. The van der Waals surface area contributed by atoms with Crippen molar-refractivity contribution < 1.29 is 24.8 Å². The Labute approximate surface area is 260 Å². The molecule has 0 bridgehead atoms. The van der Waals surface area contributed by atoms with E-state index in [2.05, 4.69) is 40.7 Å². The number of phenolic OH excluding ortho intramolecular Hbond substituents is 4. The van der Waals surface area contributed by atoms with E-state index >= 15 is 0 Å². The van der Waals surface area contributed by atoms with Gasteiger partial charge in [0.15, 0.2) is 28.3 Å². The summed E-state index contributed by atoms with van der Waals surface area (Å²) >= 11 is 1.57. The monoisotopic (exact) mass is 610 g/mol. The second kappa shape index (κ2) is 16.7. The van der Waals surface area contributed by atoms with Gasteiger partial charge in [-0.15, -0.1) is 0 Å². The molecular formula is C36H50O6S. The number of thioether (sulfide) groups is 1. The van der Waals surface area contributed by atoms with Gasteiger partial charge in [0.1, 0.15) is 11.5 Å². The third-order valence-corrected chi connectivity index (χ3v) is 9.12. The lowest BCUT2D eigenvalue weighted by Crippen LogP contribution is -2.10. The van der Waals surface area contributed by atoms with Gasteiger partial charge in [0, 0.05) is 23.1 Å². The van der Waals surface area contributed by atoms with E-state index in [9.17, 15) is 25.2 Å². The van der Waals surface area contributed by atoms with Crippen LogP contribution in [-0.2, 0) is 5.75 Å². The van der Waals surface area contributed by atoms with E-state index in [0.717, 1.165) is 36.0 Å². The van der Waals surface area contributed by atoms with Gasteiger partial charge in [-0.2, -0.15) is 11.8 Å². The van der Waals surface area contributed by atoms with E-state index in [1.54, 1.807) is 17.8 Å². The van der Waals surface area contributed by atoms with Crippen molar-refractivity contribution in [1.82, 2.24) is 0 Å². The maximum atomic E-state index is 13.5. The fraction of sp³-hybridized carbons (Fsp3) is 0.528. The van der Waals surface area contributed by atoms with Crippen LogP contribution in [0.4, 0.5) is 0 Å². The van der Waals surface area contributed by atoms with Crippen LogP contribution in [0.3, 0.4) is 0 Å². The number of allylic oxidation sites excluding steroid dienone is 1. The number of rotatable bonds is 17. The van der Waals surface area contributed by atoms with Gasteiger partial charge in [-0.25, -0.2) is 0 Å². The van der Waals surface area contributed by atoms with Crippen molar-refractivity contribution in [1.29, 1.82) is 0 Å². The number of phenols is 4. The summed E-state index contributed by atoms with van der Waals surface area (Å²) in [6, 6.07) is 6.59. The van der Waals surface area contributed by atoms with Crippen LogP contribution in [0.5, 0.6) is 23.0 Å². The summed E-state index contributed by atoms with van der Waals surface area (Å²) in [5.41, 5.74) is 1.70. The largest absolute Gasteiger partial charge is 0.508 e. The Morgan fingerprint density at radius 1 is 0.837 bits per heavy atom. The van der Waals surface area contributed by atoms with Crippen molar-refractivity contribution in [2.45, 2.75) is 98.2 Å². The van der Waals surface area contributed by atoms with Gasteiger partial charge >= 0.3 is 0 Å². The molecule has 0 aliphatic carbocycles. The van der Waals surface area contributed by atoms with Crippen LogP contribution < -0.4 is 5.43 Å². The highest BCUT2D eigenvalue weighted by Crippen LogP contribution is 2.37. The Balaban J connectivity index is 1.54. The first-order valence-electron chi connectivity index (χ1n) is 15.7. The molecule has 1 aromatic heterocycles. The fourth-order valence-electron chi connectivity index (χ4n) is 5.50. The molecule has 7 heteroatoms. The highest BCUT2D eigenvalue weighted by Gasteiger charge is 2.20. The lowest BCUT2D eigenvalue weighted by Gasteiger charge is -2.15. The average Bonchev–Trinajstić information content (AvgIpc) is 2.93. The molecule has 2 atom stereocenters. The number of fused-ring (bicyclic) bond motifs is 1. The van der Waals surface area contributed by atoms with Crippen LogP contribution in [0.15, 0.2) is 51.2 Å². The Morgan fingerprint density at radius 2 is 1.49 bits per heavy atom. The molecule has 0 spiro atoms. The number of aromatic hydroxyl groups is 4. The first-order valence-corrected chi connectivity index (χ1v) is 16.9. The van der Waals surface area contributed by atoms with E-state index in [0.29, 0.717) is 16.9 Å². The summed E-state index contributed by atoms with van der Waals surface area (Å²) in [4.78, 5) is 13.5. The first kappa shape index (κ1) is 34.4. The minimum absolute atomic E-state index is 0.0415. The zero-order chi connectivity index (χ0) is 31.5. The molecule has 236 valence electrons. The van der Waals surface area contributed by atoms with Gasteiger partial charge < -0.3 is 24.8 Å². The highest BCUT2D eigenvalue weighted by atomic mass is 32.2. The second-order valence-corrected chi connectivity index (χ2v) is 13.7. The van der Waals surface area contributed by atoms with Crippen molar-refractivity contribution in [2.24, 2.45) is 17.8 Å². The van der Waals surface area contributed by atoms with Crippen LogP contribution in [0, 0.1) is 17.8 Å². The Kier molecular flexibility index (Phi) is 13.4. The maximum Gasteiger partial charge on any atom is 0.197 e. The minimum atomic E-state index is -0.359. The highest BCUT2D eigenvalue weighted by molar-refractivity contribution is 7.98. The quantitative estimate of drug-likeness (QED) is 0.0684. The molecule has 0 saturated heterocycles. The summed E-state index contributed by atoms with van der Waals surface area (Å²) in [5.74, 6) is 2.44. The maximum absolute atomic E-state index is 13.5. The molecule has 43 heavy (non-hydrogen) atoms. The summed E-state index contributed by atoms with van der Waals surface area (Å²) < 4.78 is 5.98. The van der Waals surface area contributed by atoms with Crippen LogP contribution >= 0.6 is 11.8 Å². The molecule has 3 aromatic rings. The molecule has 0 aliphatic heterocycles. The van der Waals surface area contributed by atoms with Gasteiger partial charge in [0.25, 0.3) is 0 Å². The van der Waals surface area contributed by atoms with Gasteiger partial charge in [0.2, 0.25) is 0 Å². The smallest absolute Gasteiger partial charge is 0.197 e. The zero-order valence-corrected chi connectivity index (χ0v) is 27.3. The van der Waals surface area contributed by atoms with Crippen LogP contribution in [0.1, 0.15) is 98.0 Å². The van der Waals surface area contributed by atoms with Crippen molar-refractivity contribution in [3.8, 4) is 34.3 Å². The number of hydrogen-bond donors (Lipinski definition) is 4. The molecule has 0 aliphatic rings. The van der Waals surface area contributed by atoms with Gasteiger partial charge in [-0.3, -0.25) is 4.79 Å².